The third kappa shape index (κ3) is 2.40. The molecule has 2 aromatic heterocycles. The Balaban J connectivity index is 2.05. The van der Waals surface area contributed by atoms with Crippen molar-refractivity contribution in [2.75, 3.05) is 6.54 Å². The van der Waals surface area contributed by atoms with E-state index in [9.17, 15) is 4.39 Å². The van der Waals surface area contributed by atoms with E-state index >= 15 is 0 Å². The molecule has 4 nitrogen and oxygen atoms in total. The number of rotatable bonds is 4. The van der Waals surface area contributed by atoms with Gasteiger partial charge in [-0.1, -0.05) is 6.92 Å². The highest BCUT2D eigenvalue weighted by atomic mass is 19.1. The lowest BCUT2D eigenvalue weighted by Crippen LogP contribution is -2.21. The monoisotopic (exact) mass is 271 g/mol. The van der Waals surface area contributed by atoms with Crippen LogP contribution in [0.4, 0.5) is 4.39 Å². The molecular formula is C15H14FN3O. The first-order chi connectivity index (χ1) is 9.78. The Labute approximate surface area is 115 Å². The van der Waals surface area contributed by atoms with E-state index in [4.69, 9.17) is 4.42 Å². The summed E-state index contributed by atoms with van der Waals surface area (Å²) in [4.78, 5) is 0. The number of hydrogen-bond donors (Lipinski definition) is 1. The van der Waals surface area contributed by atoms with Gasteiger partial charge in [-0.05, 0) is 42.4 Å². The molecule has 0 saturated carbocycles. The average Bonchev–Trinajstić information content (AvgIpc) is 2.88. The minimum Gasteiger partial charge on any atom is -0.459 e. The molecule has 0 spiro atoms. The Kier molecular flexibility index (Phi) is 3.43. The summed E-state index contributed by atoms with van der Waals surface area (Å²) in [5.74, 6) is 0.468. The second-order valence-electron chi connectivity index (χ2n) is 4.50. The molecule has 2 heterocycles. The van der Waals surface area contributed by atoms with E-state index in [2.05, 4.69) is 15.5 Å². The molecule has 3 rings (SSSR count). The SMILES string of the molecule is CCNC(c1ccnnc1)c1cc2cc(F)ccc2o1. The number of furan rings is 1. The van der Waals surface area contributed by atoms with Gasteiger partial charge in [0.1, 0.15) is 17.2 Å². The summed E-state index contributed by atoms with van der Waals surface area (Å²) in [6.07, 6.45) is 3.34. The lowest BCUT2D eigenvalue weighted by molar-refractivity contribution is 0.475. The Bertz CT molecular complexity index is 711. The van der Waals surface area contributed by atoms with Crippen molar-refractivity contribution in [3.63, 3.8) is 0 Å². The maximum atomic E-state index is 13.2. The largest absolute Gasteiger partial charge is 0.459 e. The van der Waals surface area contributed by atoms with Crippen molar-refractivity contribution in [2.24, 2.45) is 0 Å². The van der Waals surface area contributed by atoms with Crippen LogP contribution in [0.1, 0.15) is 24.3 Å². The van der Waals surface area contributed by atoms with Crippen molar-refractivity contribution in [3.8, 4) is 0 Å². The summed E-state index contributed by atoms with van der Waals surface area (Å²) in [7, 11) is 0. The second-order valence-corrected chi connectivity index (χ2v) is 4.50. The molecule has 0 bridgehead atoms. The molecular weight excluding hydrogens is 257 g/mol. The molecule has 5 heteroatoms. The Morgan fingerprint density at radius 1 is 1.25 bits per heavy atom. The van der Waals surface area contributed by atoms with E-state index in [0.29, 0.717) is 5.58 Å². The molecule has 1 N–H and O–H groups in total. The zero-order valence-corrected chi connectivity index (χ0v) is 11.0. The standard InChI is InChI=1S/C15H14FN3O/c1-2-17-15(10-5-6-18-19-9-10)14-8-11-7-12(16)3-4-13(11)20-14/h3-9,15,17H,2H2,1H3. The summed E-state index contributed by atoms with van der Waals surface area (Å²) >= 11 is 0. The van der Waals surface area contributed by atoms with Crippen molar-refractivity contribution in [1.82, 2.24) is 15.5 Å². The molecule has 0 aliphatic carbocycles. The Morgan fingerprint density at radius 2 is 2.15 bits per heavy atom. The Hall–Kier alpha value is -2.27. The number of nitrogens with zero attached hydrogens (tertiary/aromatic N) is 2. The number of halogens is 1. The van der Waals surface area contributed by atoms with Gasteiger partial charge in [0.05, 0.1) is 12.2 Å². The fraction of sp³-hybridized carbons (Fsp3) is 0.200. The van der Waals surface area contributed by atoms with Crippen LogP contribution < -0.4 is 5.32 Å². The first kappa shape index (κ1) is 12.7. The van der Waals surface area contributed by atoms with Crippen molar-refractivity contribution in [3.05, 3.63) is 59.9 Å². The van der Waals surface area contributed by atoms with Gasteiger partial charge >= 0.3 is 0 Å². The van der Waals surface area contributed by atoms with Crippen LogP contribution in [0.5, 0.6) is 0 Å². The van der Waals surface area contributed by atoms with Crippen molar-refractivity contribution in [1.29, 1.82) is 0 Å². The van der Waals surface area contributed by atoms with E-state index in [1.807, 2.05) is 19.1 Å². The third-order valence-electron chi connectivity index (χ3n) is 3.13. The van der Waals surface area contributed by atoms with E-state index in [0.717, 1.165) is 23.3 Å². The summed E-state index contributed by atoms with van der Waals surface area (Å²) in [6.45, 7) is 2.79. The van der Waals surface area contributed by atoms with Crippen LogP contribution in [0.2, 0.25) is 0 Å². The molecule has 20 heavy (non-hydrogen) atoms. The number of aromatic nitrogens is 2. The van der Waals surface area contributed by atoms with Crippen molar-refractivity contribution >= 4 is 11.0 Å². The molecule has 3 aromatic rings. The van der Waals surface area contributed by atoms with Gasteiger partial charge in [-0.2, -0.15) is 10.2 Å². The molecule has 1 unspecified atom stereocenters. The Morgan fingerprint density at radius 3 is 2.90 bits per heavy atom. The van der Waals surface area contributed by atoms with Gasteiger partial charge in [0.15, 0.2) is 0 Å². The van der Waals surface area contributed by atoms with Crippen molar-refractivity contribution < 1.29 is 8.81 Å². The van der Waals surface area contributed by atoms with Gasteiger partial charge < -0.3 is 9.73 Å². The lowest BCUT2D eigenvalue weighted by atomic mass is 10.1. The molecule has 1 atom stereocenters. The number of benzene rings is 1. The van der Waals surface area contributed by atoms with Gasteiger partial charge in [0.2, 0.25) is 0 Å². The highest BCUT2D eigenvalue weighted by Gasteiger charge is 2.18. The highest BCUT2D eigenvalue weighted by molar-refractivity contribution is 5.78. The van der Waals surface area contributed by atoms with Crippen molar-refractivity contribution in [2.45, 2.75) is 13.0 Å². The average molecular weight is 271 g/mol. The van der Waals surface area contributed by atoms with Gasteiger partial charge in [0.25, 0.3) is 0 Å². The van der Waals surface area contributed by atoms with Gasteiger partial charge in [0, 0.05) is 11.6 Å². The quantitative estimate of drug-likeness (QED) is 0.792. The maximum absolute atomic E-state index is 13.2. The molecule has 0 radical (unpaired) electrons. The summed E-state index contributed by atoms with van der Waals surface area (Å²) in [5.41, 5.74) is 1.63. The molecule has 0 saturated heterocycles. The number of fused-ring (bicyclic) bond motifs is 1. The molecule has 1 aromatic carbocycles. The number of nitrogens with one attached hydrogen (secondary N) is 1. The normalized spacial score (nSPS) is 12.7. The lowest BCUT2D eigenvalue weighted by Gasteiger charge is -2.14. The topological polar surface area (TPSA) is 51.0 Å². The fourth-order valence-electron chi connectivity index (χ4n) is 2.24. The minimum absolute atomic E-state index is 0.119. The third-order valence-corrected chi connectivity index (χ3v) is 3.13. The van der Waals surface area contributed by atoms with E-state index < -0.39 is 0 Å². The molecule has 0 amide bonds. The van der Waals surface area contributed by atoms with Crippen LogP contribution in [0.25, 0.3) is 11.0 Å². The first-order valence-corrected chi connectivity index (χ1v) is 6.47. The highest BCUT2D eigenvalue weighted by Crippen LogP contribution is 2.28. The number of hydrogen-bond acceptors (Lipinski definition) is 4. The zero-order chi connectivity index (χ0) is 13.9. The summed E-state index contributed by atoms with van der Waals surface area (Å²) < 4.78 is 19.1. The van der Waals surface area contributed by atoms with Crippen LogP contribution in [-0.4, -0.2) is 16.7 Å². The zero-order valence-electron chi connectivity index (χ0n) is 11.0. The predicted molar refractivity (Wildman–Crippen MR) is 73.7 cm³/mol. The van der Waals surface area contributed by atoms with Crippen LogP contribution >= 0.6 is 0 Å². The summed E-state index contributed by atoms with van der Waals surface area (Å²) in [5, 5.41) is 11.8. The van der Waals surface area contributed by atoms with Crippen LogP contribution in [0.15, 0.2) is 47.1 Å². The molecule has 0 aliphatic rings. The smallest absolute Gasteiger partial charge is 0.134 e. The second kappa shape index (κ2) is 5.38. The van der Waals surface area contributed by atoms with E-state index in [-0.39, 0.29) is 11.9 Å². The van der Waals surface area contributed by atoms with E-state index in [1.165, 1.54) is 12.1 Å². The minimum atomic E-state index is -0.268. The van der Waals surface area contributed by atoms with Gasteiger partial charge in [-0.15, -0.1) is 0 Å². The molecule has 102 valence electrons. The van der Waals surface area contributed by atoms with Gasteiger partial charge in [-0.25, -0.2) is 4.39 Å². The molecule has 0 aliphatic heterocycles. The molecule has 0 fully saturated rings. The van der Waals surface area contributed by atoms with Gasteiger partial charge in [-0.3, -0.25) is 0 Å². The first-order valence-electron chi connectivity index (χ1n) is 6.47. The maximum Gasteiger partial charge on any atom is 0.134 e. The van der Waals surface area contributed by atoms with Crippen LogP contribution in [0, 0.1) is 5.82 Å². The summed E-state index contributed by atoms with van der Waals surface area (Å²) in [6, 6.07) is 8.12. The van der Waals surface area contributed by atoms with E-state index in [1.54, 1.807) is 18.5 Å². The van der Waals surface area contributed by atoms with Crippen LogP contribution in [0.3, 0.4) is 0 Å². The fourth-order valence-corrected chi connectivity index (χ4v) is 2.24. The van der Waals surface area contributed by atoms with Crippen LogP contribution in [-0.2, 0) is 0 Å². The predicted octanol–water partition coefficient (Wildman–Crippen LogP) is 3.06.